The Morgan fingerprint density at radius 3 is 2.55 bits per heavy atom. The van der Waals surface area contributed by atoms with Gasteiger partial charge in [-0.05, 0) is 54.1 Å². The monoisotopic (exact) mass is 432 g/mol. The number of benzene rings is 3. The van der Waals surface area contributed by atoms with Gasteiger partial charge in [-0.2, -0.15) is 0 Å². The second-order valence-corrected chi connectivity index (χ2v) is 7.03. The molecule has 4 aromatic rings. The number of fused-ring (bicyclic) bond motifs is 1. The largest absolute Gasteiger partial charge is 0.465 e. The van der Waals surface area contributed by atoms with Crippen molar-refractivity contribution >= 4 is 39.6 Å². The highest BCUT2D eigenvalue weighted by atomic mass is 35.5. The average molecular weight is 433 g/mol. The first kappa shape index (κ1) is 20.4. The van der Waals surface area contributed by atoms with E-state index in [1.807, 2.05) is 54.6 Å². The number of methoxy groups -OCH3 is 1. The van der Waals surface area contributed by atoms with Gasteiger partial charge in [-0.15, -0.1) is 0 Å². The van der Waals surface area contributed by atoms with Crippen molar-refractivity contribution in [2.45, 2.75) is 0 Å². The molecule has 0 atom stereocenters. The van der Waals surface area contributed by atoms with Crippen molar-refractivity contribution in [3.8, 4) is 11.5 Å². The number of hydrogen-bond acceptors (Lipinski definition) is 5. The second-order valence-electron chi connectivity index (χ2n) is 6.62. The summed E-state index contributed by atoms with van der Waals surface area (Å²) in [5.41, 5.74) is 1.05. The fourth-order valence-electron chi connectivity index (χ4n) is 3.00. The van der Waals surface area contributed by atoms with E-state index in [-0.39, 0.29) is 16.4 Å². The summed E-state index contributed by atoms with van der Waals surface area (Å²) in [5.74, 6) is 1.04. The first-order chi connectivity index (χ1) is 15.0. The molecule has 1 heterocycles. The highest BCUT2D eigenvalue weighted by Gasteiger charge is 2.11. The number of carbonyl (C=O) groups excluding carboxylic acids is 1. The predicted octanol–water partition coefficient (Wildman–Crippen LogP) is 5.24. The maximum Gasteiger partial charge on any atom is 0.337 e. The fourth-order valence-corrected chi connectivity index (χ4v) is 3.22. The number of ether oxygens (including phenoxy) is 2. The van der Waals surface area contributed by atoms with E-state index in [0.29, 0.717) is 22.2 Å². The number of halogens is 1. The van der Waals surface area contributed by atoms with E-state index in [1.54, 1.807) is 6.08 Å². The van der Waals surface area contributed by atoms with Gasteiger partial charge in [0, 0.05) is 0 Å². The summed E-state index contributed by atoms with van der Waals surface area (Å²) in [6.45, 7) is 0. The molecule has 1 aromatic heterocycles. The molecular formula is C24H17ClN2O4. The van der Waals surface area contributed by atoms with Crippen LogP contribution in [0.2, 0.25) is 0 Å². The highest BCUT2D eigenvalue weighted by Crippen LogP contribution is 2.25. The van der Waals surface area contributed by atoms with Crippen LogP contribution in [0.25, 0.3) is 22.0 Å². The molecule has 0 fully saturated rings. The summed E-state index contributed by atoms with van der Waals surface area (Å²) >= 11 is 6.45. The van der Waals surface area contributed by atoms with E-state index in [1.165, 1.54) is 25.3 Å². The molecule has 6 nitrogen and oxygen atoms in total. The van der Waals surface area contributed by atoms with Crippen LogP contribution >= 0.6 is 11.6 Å². The SMILES string of the molecule is COC(=O)c1ccc2c(=O)[nH]c(/C(Cl)=C/c3cccc(Oc4ccccc4)c3)nc2c1. The number of carbonyl (C=O) groups is 1. The van der Waals surface area contributed by atoms with Gasteiger partial charge in [0.05, 0.1) is 28.6 Å². The van der Waals surface area contributed by atoms with Crippen molar-refractivity contribution in [3.63, 3.8) is 0 Å². The Morgan fingerprint density at radius 2 is 1.77 bits per heavy atom. The summed E-state index contributed by atoms with van der Waals surface area (Å²) in [4.78, 5) is 31.3. The Morgan fingerprint density at radius 1 is 1.00 bits per heavy atom. The van der Waals surface area contributed by atoms with Gasteiger partial charge in [0.1, 0.15) is 11.5 Å². The Balaban J connectivity index is 1.67. The summed E-state index contributed by atoms with van der Waals surface area (Å²) in [6, 6.07) is 21.3. The lowest BCUT2D eigenvalue weighted by atomic mass is 10.1. The minimum absolute atomic E-state index is 0.190. The molecule has 0 aliphatic carbocycles. The van der Waals surface area contributed by atoms with Crippen LogP contribution in [0.3, 0.4) is 0 Å². The zero-order valence-corrected chi connectivity index (χ0v) is 17.2. The highest BCUT2D eigenvalue weighted by molar-refractivity contribution is 6.50. The molecule has 0 saturated heterocycles. The lowest BCUT2D eigenvalue weighted by Crippen LogP contribution is -2.11. The van der Waals surface area contributed by atoms with Crippen LogP contribution < -0.4 is 10.3 Å². The number of esters is 1. The molecule has 0 bridgehead atoms. The van der Waals surface area contributed by atoms with Gasteiger partial charge in [0.2, 0.25) is 0 Å². The molecule has 154 valence electrons. The van der Waals surface area contributed by atoms with Gasteiger partial charge in [0.15, 0.2) is 5.82 Å². The fraction of sp³-hybridized carbons (Fsp3) is 0.0417. The summed E-state index contributed by atoms with van der Waals surface area (Å²) in [6.07, 6.45) is 1.67. The van der Waals surface area contributed by atoms with E-state index in [0.717, 1.165) is 11.3 Å². The minimum atomic E-state index is -0.512. The molecule has 7 heteroatoms. The zero-order chi connectivity index (χ0) is 21.8. The van der Waals surface area contributed by atoms with Crippen molar-refractivity contribution in [1.29, 1.82) is 0 Å². The van der Waals surface area contributed by atoms with Gasteiger partial charge in [-0.3, -0.25) is 4.79 Å². The third-order valence-corrected chi connectivity index (χ3v) is 4.77. The second kappa shape index (κ2) is 8.85. The quantitative estimate of drug-likeness (QED) is 0.436. The van der Waals surface area contributed by atoms with Gasteiger partial charge in [-0.1, -0.05) is 41.9 Å². The Kier molecular flexibility index (Phi) is 5.82. The van der Waals surface area contributed by atoms with E-state index < -0.39 is 5.97 Å². The number of nitrogens with one attached hydrogen (secondary N) is 1. The van der Waals surface area contributed by atoms with E-state index >= 15 is 0 Å². The van der Waals surface area contributed by atoms with E-state index in [2.05, 4.69) is 9.97 Å². The van der Waals surface area contributed by atoms with E-state index in [9.17, 15) is 9.59 Å². The molecule has 1 N–H and O–H groups in total. The Hall–Kier alpha value is -3.90. The van der Waals surface area contributed by atoms with Crippen molar-refractivity contribution in [2.75, 3.05) is 7.11 Å². The van der Waals surface area contributed by atoms with Gasteiger partial charge >= 0.3 is 5.97 Å². The van der Waals surface area contributed by atoms with Crippen molar-refractivity contribution in [3.05, 3.63) is 100 Å². The number of aromatic nitrogens is 2. The van der Waals surface area contributed by atoms with Crippen LogP contribution in [-0.2, 0) is 4.74 Å². The molecule has 0 unspecified atom stereocenters. The van der Waals surface area contributed by atoms with Gasteiger partial charge in [0.25, 0.3) is 5.56 Å². The number of aromatic amines is 1. The summed E-state index contributed by atoms with van der Waals surface area (Å²) in [7, 11) is 1.29. The van der Waals surface area contributed by atoms with Crippen LogP contribution in [0.1, 0.15) is 21.7 Å². The molecule has 0 amide bonds. The van der Waals surface area contributed by atoms with Gasteiger partial charge < -0.3 is 14.5 Å². The number of hydrogen-bond donors (Lipinski definition) is 1. The van der Waals surface area contributed by atoms with Crippen LogP contribution in [0.5, 0.6) is 11.5 Å². The minimum Gasteiger partial charge on any atom is -0.465 e. The number of H-pyrrole nitrogens is 1. The van der Waals surface area contributed by atoms with Crippen molar-refractivity contribution in [1.82, 2.24) is 9.97 Å². The topological polar surface area (TPSA) is 81.3 Å². The average Bonchev–Trinajstić information content (AvgIpc) is 2.79. The lowest BCUT2D eigenvalue weighted by molar-refractivity contribution is 0.0601. The summed E-state index contributed by atoms with van der Waals surface area (Å²) in [5, 5.41) is 0.582. The van der Waals surface area contributed by atoms with Crippen LogP contribution in [-0.4, -0.2) is 23.0 Å². The smallest absolute Gasteiger partial charge is 0.337 e. The Bertz CT molecular complexity index is 1350. The number of nitrogens with zero attached hydrogens (tertiary/aromatic N) is 1. The molecule has 3 aromatic carbocycles. The molecule has 0 aliphatic heterocycles. The standard InChI is InChI=1S/C24H17ClN2O4/c1-30-24(29)16-10-11-19-21(14-16)26-22(27-23(19)28)20(25)13-15-6-5-9-18(12-15)31-17-7-3-2-4-8-17/h2-14H,1H3,(H,26,27,28)/b20-13-. The van der Waals surface area contributed by atoms with Crippen LogP contribution in [0, 0.1) is 0 Å². The number of para-hydroxylation sites is 1. The molecule has 0 radical (unpaired) electrons. The normalized spacial score (nSPS) is 11.4. The van der Waals surface area contributed by atoms with Crippen molar-refractivity contribution < 1.29 is 14.3 Å². The molecule has 31 heavy (non-hydrogen) atoms. The lowest BCUT2D eigenvalue weighted by Gasteiger charge is -2.07. The molecule has 0 saturated carbocycles. The first-order valence-electron chi connectivity index (χ1n) is 9.36. The predicted molar refractivity (Wildman–Crippen MR) is 120 cm³/mol. The molecular weight excluding hydrogens is 416 g/mol. The first-order valence-corrected chi connectivity index (χ1v) is 9.74. The van der Waals surface area contributed by atoms with E-state index in [4.69, 9.17) is 21.1 Å². The van der Waals surface area contributed by atoms with Crippen LogP contribution in [0.4, 0.5) is 0 Å². The maximum absolute atomic E-state index is 12.4. The number of rotatable bonds is 5. The molecule has 0 spiro atoms. The maximum atomic E-state index is 12.4. The molecule has 4 rings (SSSR count). The van der Waals surface area contributed by atoms with Gasteiger partial charge in [-0.25, -0.2) is 9.78 Å². The third kappa shape index (κ3) is 4.65. The van der Waals surface area contributed by atoms with Crippen LogP contribution in [0.15, 0.2) is 77.6 Å². The van der Waals surface area contributed by atoms with Crippen molar-refractivity contribution in [2.24, 2.45) is 0 Å². The summed E-state index contributed by atoms with van der Waals surface area (Å²) < 4.78 is 10.6. The molecule has 0 aliphatic rings. The zero-order valence-electron chi connectivity index (χ0n) is 16.5. The third-order valence-electron chi connectivity index (χ3n) is 4.48. The Labute approximate surface area is 182 Å².